The van der Waals surface area contributed by atoms with Crippen molar-refractivity contribution in [3.8, 4) is 34.5 Å². The minimum absolute atomic E-state index is 0. The molecular formula is C30H33AlO6. The summed E-state index contributed by atoms with van der Waals surface area (Å²) in [5.74, 6) is 0.915. The summed E-state index contributed by atoms with van der Waals surface area (Å²) in [5.41, 5.74) is 2.70. The number of ether oxygens (including phenoxy) is 3. The summed E-state index contributed by atoms with van der Waals surface area (Å²) in [6, 6.07) is 19.8. The molecule has 0 aliphatic rings. The maximum Gasteiger partial charge on any atom is 3.00 e. The zero-order valence-electron chi connectivity index (χ0n) is 21.7. The van der Waals surface area contributed by atoms with Crippen LogP contribution in [0.1, 0.15) is 20.8 Å². The summed E-state index contributed by atoms with van der Waals surface area (Å²) in [6.07, 6.45) is 0. The Bertz CT molecular complexity index is 985. The van der Waals surface area contributed by atoms with Gasteiger partial charge in [0, 0.05) is 0 Å². The molecule has 0 fully saturated rings. The van der Waals surface area contributed by atoms with Crippen LogP contribution in [-0.4, -0.2) is 37.2 Å². The van der Waals surface area contributed by atoms with Crippen molar-refractivity contribution in [2.45, 2.75) is 20.8 Å². The molecule has 0 N–H and O–H groups in total. The predicted molar refractivity (Wildman–Crippen MR) is 144 cm³/mol. The van der Waals surface area contributed by atoms with E-state index in [1.807, 2.05) is 20.8 Å². The van der Waals surface area contributed by atoms with Gasteiger partial charge in [-0.15, -0.1) is 0 Å². The van der Waals surface area contributed by atoms with Crippen LogP contribution in [0, 0.1) is 0 Å². The number of rotatable bonds is 9. The van der Waals surface area contributed by atoms with Crippen LogP contribution in [0.2, 0.25) is 0 Å². The Morgan fingerprint density at radius 2 is 0.730 bits per heavy atom. The number of hydrogen-bond acceptors (Lipinski definition) is 6. The Morgan fingerprint density at radius 3 is 0.919 bits per heavy atom. The smallest absolute Gasteiger partial charge is 0.870 e. The summed E-state index contributed by atoms with van der Waals surface area (Å²) in [4.78, 5) is 0. The molecule has 37 heavy (non-hydrogen) atoms. The van der Waals surface area contributed by atoms with Crippen molar-refractivity contribution in [2.24, 2.45) is 0 Å². The number of benzene rings is 3. The molecule has 0 radical (unpaired) electrons. The Hall–Kier alpha value is -3.79. The minimum Gasteiger partial charge on any atom is -0.870 e. The molecule has 0 aliphatic heterocycles. The Labute approximate surface area is 230 Å². The Balaban J connectivity index is 0.000000518. The largest absolute Gasteiger partial charge is 3.00 e. The van der Waals surface area contributed by atoms with Crippen molar-refractivity contribution in [3.05, 3.63) is 109 Å². The molecular weight excluding hydrogens is 483 g/mol. The van der Waals surface area contributed by atoms with E-state index in [1.165, 1.54) is 18.2 Å². The van der Waals surface area contributed by atoms with Crippen LogP contribution in [0.3, 0.4) is 0 Å². The monoisotopic (exact) mass is 516 g/mol. The first-order valence-corrected chi connectivity index (χ1v) is 11.2. The van der Waals surface area contributed by atoms with E-state index in [2.05, 4.69) is 19.7 Å². The minimum atomic E-state index is -0.0845. The van der Waals surface area contributed by atoms with E-state index in [9.17, 15) is 15.3 Å². The normalized spacial score (nSPS) is 9.16. The van der Waals surface area contributed by atoms with Crippen molar-refractivity contribution in [1.82, 2.24) is 0 Å². The van der Waals surface area contributed by atoms with Crippen molar-refractivity contribution in [1.29, 1.82) is 0 Å². The molecule has 3 rings (SSSR count). The molecule has 3 aromatic rings. The van der Waals surface area contributed by atoms with Crippen LogP contribution in [0.4, 0.5) is 0 Å². The van der Waals surface area contributed by atoms with Gasteiger partial charge >= 0.3 is 17.4 Å². The summed E-state index contributed by atoms with van der Waals surface area (Å²) in [5, 5.41) is 33.2. The summed E-state index contributed by atoms with van der Waals surface area (Å²) >= 11 is 0. The van der Waals surface area contributed by atoms with E-state index in [-0.39, 0.29) is 34.6 Å². The molecule has 0 atom stereocenters. The third-order valence-corrected chi connectivity index (χ3v) is 3.97. The van der Waals surface area contributed by atoms with Crippen LogP contribution >= 0.6 is 0 Å². The molecule has 192 valence electrons. The molecule has 0 aromatic heterocycles. The fourth-order valence-corrected chi connectivity index (χ4v) is 2.31. The summed E-state index contributed by atoms with van der Waals surface area (Å²) < 4.78 is 15.6. The molecule has 0 spiro atoms. The van der Waals surface area contributed by atoms with Crippen LogP contribution < -0.4 is 29.5 Å². The second-order valence-corrected chi connectivity index (χ2v) is 8.08. The van der Waals surface area contributed by atoms with Crippen LogP contribution in [-0.2, 0) is 0 Å². The average Bonchev–Trinajstić information content (AvgIpc) is 2.83. The van der Waals surface area contributed by atoms with E-state index < -0.39 is 0 Å². The van der Waals surface area contributed by atoms with Crippen LogP contribution in [0.15, 0.2) is 109 Å². The van der Waals surface area contributed by atoms with E-state index in [1.54, 1.807) is 54.6 Å². The van der Waals surface area contributed by atoms with Crippen molar-refractivity contribution < 1.29 is 29.5 Å². The van der Waals surface area contributed by atoms with Gasteiger partial charge in [0.25, 0.3) is 0 Å². The second-order valence-electron chi connectivity index (χ2n) is 8.08. The molecule has 0 aliphatic carbocycles. The molecule has 7 heteroatoms. The molecule has 0 saturated heterocycles. The zero-order valence-corrected chi connectivity index (χ0v) is 22.9. The first kappa shape index (κ1) is 33.2. The maximum absolute atomic E-state index is 11.1. The third kappa shape index (κ3) is 15.0. The van der Waals surface area contributed by atoms with E-state index in [4.69, 9.17) is 14.2 Å². The molecule has 3 aromatic carbocycles. The number of para-hydroxylation sites is 6. The van der Waals surface area contributed by atoms with E-state index in [0.717, 1.165) is 16.7 Å². The Kier molecular flexibility index (Phi) is 16.6. The SMILES string of the molecule is C=C(C)COc1ccccc1[O-].C=C(C)COc1ccccc1[O-].C=C(C)COc1ccccc1[O-].[Al+3]. The van der Waals surface area contributed by atoms with Gasteiger partial charge in [-0.25, -0.2) is 0 Å². The predicted octanol–water partition coefficient (Wildman–Crippen LogP) is 4.76. The first-order valence-electron chi connectivity index (χ1n) is 11.2. The fourth-order valence-electron chi connectivity index (χ4n) is 2.31. The second kappa shape index (κ2) is 18.5. The molecule has 6 nitrogen and oxygen atoms in total. The average molecular weight is 517 g/mol. The van der Waals surface area contributed by atoms with Gasteiger partial charge in [0.1, 0.15) is 37.1 Å². The van der Waals surface area contributed by atoms with Gasteiger partial charge in [0.15, 0.2) is 0 Å². The summed E-state index contributed by atoms with van der Waals surface area (Å²) in [7, 11) is 0. The molecule has 0 heterocycles. The van der Waals surface area contributed by atoms with Gasteiger partial charge in [-0.2, -0.15) is 0 Å². The van der Waals surface area contributed by atoms with E-state index >= 15 is 0 Å². The van der Waals surface area contributed by atoms with Crippen molar-refractivity contribution in [3.63, 3.8) is 0 Å². The van der Waals surface area contributed by atoms with E-state index in [0.29, 0.717) is 37.1 Å². The third-order valence-electron chi connectivity index (χ3n) is 3.97. The number of hydrogen-bond donors (Lipinski definition) is 0. The molecule has 0 unspecified atom stereocenters. The van der Waals surface area contributed by atoms with Gasteiger partial charge in [0.05, 0.1) is 0 Å². The van der Waals surface area contributed by atoms with Crippen molar-refractivity contribution in [2.75, 3.05) is 19.8 Å². The van der Waals surface area contributed by atoms with Gasteiger partial charge in [-0.1, -0.05) is 91.6 Å². The van der Waals surface area contributed by atoms with Crippen molar-refractivity contribution >= 4 is 17.4 Å². The van der Waals surface area contributed by atoms with Gasteiger partial charge in [-0.05, 0) is 55.7 Å². The summed E-state index contributed by atoms with van der Waals surface area (Å²) in [6.45, 7) is 17.8. The van der Waals surface area contributed by atoms with Crippen LogP contribution in [0.25, 0.3) is 0 Å². The fraction of sp³-hybridized carbons (Fsp3) is 0.200. The quantitative estimate of drug-likeness (QED) is 0.300. The van der Waals surface area contributed by atoms with Gasteiger partial charge in [0.2, 0.25) is 0 Å². The first-order chi connectivity index (χ1) is 17.1. The van der Waals surface area contributed by atoms with Gasteiger partial charge < -0.3 is 29.5 Å². The standard InChI is InChI=1S/3C10H12O2.Al/c3*1-8(2)7-12-10-6-4-3-5-9(10)11;/h3*3-6,11H,1,7H2,2H3;/q;;;+3/p-3. The zero-order chi connectivity index (χ0) is 26.9. The Morgan fingerprint density at radius 1 is 0.514 bits per heavy atom. The molecule has 0 amide bonds. The van der Waals surface area contributed by atoms with Crippen LogP contribution in [0.5, 0.6) is 34.5 Å². The molecule has 0 bridgehead atoms. The topological polar surface area (TPSA) is 96.9 Å². The van der Waals surface area contributed by atoms with Gasteiger partial charge in [-0.3, -0.25) is 0 Å². The molecule has 0 saturated carbocycles. The maximum atomic E-state index is 11.1.